The van der Waals surface area contributed by atoms with Crippen molar-refractivity contribution < 1.29 is 43.3 Å². The number of halogens is 3. The molecule has 3 amide bonds. The van der Waals surface area contributed by atoms with E-state index in [1.54, 1.807) is 66.7 Å². The Balaban J connectivity index is 0.00000864. The van der Waals surface area contributed by atoms with E-state index in [-0.39, 0.29) is 31.1 Å². The van der Waals surface area contributed by atoms with Gasteiger partial charge in [0.25, 0.3) is 0 Å². The molecule has 0 bridgehead atoms. The van der Waals surface area contributed by atoms with Crippen LogP contribution in [0.2, 0.25) is 10.0 Å². The smallest absolute Gasteiger partial charge is 0.457 e. The third kappa shape index (κ3) is 14.7. The molecule has 0 unspecified atom stereocenters. The summed E-state index contributed by atoms with van der Waals surface area (Å²) in [6, 6.07) is 25.5. The zero-order valence-electron chi connectivity index (χ0n) is 38.2. The molecule has 68 heavy (non-hydrogen) atoms. The van der Waals surface area contributed by atoms with Gasteiger partial charge in [0.05, 0.1) is 30.5 Å². The molecule has 19 heteroatoms. The molecule has 1 aromatic heterocycles. The van der Waals surface area contributed by atoms with Gasteiger partial charge in [-0.05, 0) is 106 Å². The Morgan fingerprint density at radius 3 is 2.29 bits per heavy atom. The highest BCUT2D eigenvalue weighted by Gasteiger charge is 2.38. The first-order chi connectivity index (χ1) is 32.1. The van der Waals surface area contributed by atoms with Gasteiger partial charge >= 0.3 is 12.2 Å². The largest absolute Gasteiger partial charge is 0.505 e. The van der Waals surface area contributed by atoms with Crippen LogP contribution in [0.3, 0.4) is 0 Å². The second-order valence-corrected chi connectivity index (χ2v) is 17.7. The van der Waals surface area contributed by atoms with Crippen LogP contribution in [0.1, 0.15) is 42.3 Å². The molecule has 0 aliphatic carbocycles. The summed E-state index contributed by atoms with van der Waals surface area (Å²) in [7, 11) is 5.90. The van der Waals surface area contributed by atoms with Crippen molar-refractivity contribution in [1.29, 1.82) is 0 Å². The standard InChI is InChI=1S/C49H55Cl2N7O9.ClH/c1-32(45(60)54-41(30-65-48(63)64)46(61)55-49(21-8-22-52-31-49)25-34-11-16-37(50)17-12-34)58(47(62)67-40(29-59)23-33-9-6-5-7-10-33)27-36-13-18-38(51)24-43(36)66-39-19-14-35(15-20-39)42-26-53-44(57(42)4)28-56(2)3;/h5-7,9-20,24,26,29,32,40-41,52H,8,21-23,25,27-28,30-31H2,1-4H3,(H,54,60)(H,55,61)(H,63,64);1H/t32-,40-,41-,49+;/m0./s1. The first kappa shape index (κ1) is 52.8. The van der Waals surface area contributed by atoms with Gasteiger partial charge in [-0.3, -0.25) is 19.3 Å². The Morgan fingerprint density at radius 2 is 1.65 bits per heavy atom. The number of imidazole rings is 1. The van der Waals surface area contributed by atoms with Crippen molar-refractivity contribution in [2.45, 2.75) is 69.4 Å². The first-order valence-electron chi connectivity index (χ1n) is 21.7. The van der Waals surface area contributed by atoms with Gasteiger partial charge < -0.3 is 44.7 Å². The molecule has 2 heterocycles. The van der Waals surface area contributed by atoms with E-state index in [2.05, 4.69) is 20.9 Å². The number of carbonyl (C=O) groups excluding carboxylic acids is 4. The Hall–Kier alpha value is -6.17. The summed E-state index contributed by atoms with van der Waals surface area (Å²) in [6.07, 6.45) is 0.210. The van der Waals surface area contributed by atoms with Gasteiger partial charge in [-0.2, -0.15) is 0 Å². The fourth-order valence-electron chi connectivity index (χ4n) is 7.81. The number of carboxylic acid groups (broad SMARTS) is 1. The number of benzene rings is 4. The molecule has 6 rings (SSSR count). The van der Waals surface area contributed by atoms with Crippen molar-refractivity contribution in [3.8, 4) is 22.8 Å². The number of hydrogen-bond acceptors (Lipinski definition) is 11. The Labute approximate surface area is 411 Å². The van der Waals surface area contributed by atoms with Crippen LogP contribution in [0, 0.1) is 0 Å². The lowest BCUT2D eigenvalue weighted by atomic mass is 9.83. The quantitative estimate of drug-likeness (QED) is 0.0445. The van der Waals surface area contributed by atoms with E-state index in [0.717, 1.165) is 46.1 Å². The van der Waals surface area contributed by atoms with Gasteiger partial charge in [-0.1, -0.05) is 71.7 Å². The lowest BCUT2D eigenvalue weighted by molar-refractivity contribution is -0.133. The van der Waals surface area contributed by atoms with Crippen LogP contribution < -0.4 is 20.7 Å². The molecule has 4 aromatic carbocycles. The number of amides is 3. The van der Waals surface area contributed by atoms with Gasteiger partial charge in [0.2, 0.25) is 11.8 Å². The number of aldehydes is 1. The van der Waals surface area contributed by atoms with Crippen molar-refractivity contribution >= 4 is 66.0 Å². The third-order valence-electron chi connectivity index (χ3n) is 11.4. The van der Waals surface area contributed by atoms with Crippen LogP contribution in [-0.2, 0) is 56.8 Å². The summed E-state index contributed by atoms with van der Waals surface area (Å²) >= 11 is 12.6. The Morgan fingerprint density at radius 1 is 0.941 bits per heavy atom. The molecule has 1 saturated heterocycles. The number of carbonyl (C=O) groups is 5. The number of nitrogens with zero attached hydrogens (tertiary/aromatic N) is 4. The molecular formula is C49H56Cl3N7O9. The number of nitrogens with one attached hydrogen (secondary N) is 3. The Kier molecular flexibility index (Phi) is 19.2. The van der Waals surface area contributed by atoms with Gasteiger partial charge in [0.15, 0.2) is 12.4 Å². The van der Waals surface area contributed by atoms with Crippen molar-refractivity contribution in [2.75, 3.05) is 33.8 Å². The van der Waals surface area contributed by atoms with E-state index in [1.807, 2.05) is 67.1 Å². The van der Waals surface area contributed by atoms with E-state index in [4.69, 9.17) is 37.4 Å². The van der Waals surface area contributed by atoms with E-state index >= 15 is 0 Å². The zero-order valence-corrected chi connectivity index (χ0v) is 40.5. The summed E-state index contributed by atoms with van der Waals surface area (Å²) in [5.74, 6) is 0.0591. The highest BCUT2D eigenvalue weighted by Crippen LogP contribution is 2.32. The summed E-state index contributed by atoms with van der Waals surface area (Å²) in [6.45, 7) is 2.19. The maximum absolute atomic E-state index is 14.3. The molecule has 1 aliphatic rings. The van der Waals surface area contributed by atoms with Crippen molar-refractivity contribution in [3.63, 3.8) is 0 Å². The maximum Gasteiger partial charge on any atom is 0.505 e. The zero-order chi connectivity index (χ0) is 48.1. The number of rotatable bonds is 20. The normalized spacial score (nSPS) is 15.8. The second-order valence-electron chi connectivity index (χ2n) is 16.8. The molecule has 5 aromatic rings. The van der Waals surface area contributed by atoms with Crippen LogP contribution in [0.15, 0.2) is 103 Å². The highest BCUT2D eigenvalue weighted by atomic mass is 35.5. The number of ether oxygens (including phenoxy) is 3. The van der Waals surface area contributed by atoms with Crippen molar-refractivity contribution in [1.82, 2.24) is 35.3 Å². The number of aromatic nitrogens is 2. The van der Waals surface area contributed by atoms with E-state index < -0.39 is 54.4 Å². The molecular weight excluding hydrogens is 937 g/mol. The number of hydrogen-bond donors (Lipinski definition) is 4. The minimum absolute atomic E-state index is 0. The molecule has 0 radical (unpaired) electrons. The lowest BCUT2D eigenvalue weighted by Crippen LogP contribution is -2.63. The van der Waals surface area contributed by atoms with E-state index in [9.17, 15) is 29.1 Å². The summed E-state index contributed by atoms with van der Waals surface area (Å²) in [4.78, 5) is 74.4. The predicted octanol–water partition coefficient (Wildman–Crippen LogP) is 7.47. The van der Waals surface area contributed by atoms with Gasteiger partial charge in [-0.25, -0.2) is 14.6 Å². The van der Waals surface area contributed by atoms with Crippen LogP contribution >= 0.6 is 35.6 Å². The summed E-state index contributed by atoms with van der Waals surface area (Å²) in [5.41, 5.74) is 3.05. The molecule has 16 nitrogen and oxygen atoms in total. The average molecular weight is 993 g/mol. The average Bonchev–Trinajstić information content (AvgIpc) is 3.66. The molecule has 0 spiro atoms. The Bertz CT molecular complexity index is 2490. The monoisotopic (exact) mass is 991 g/mol. The molecule has 4 N–H and O–H groups in total. The molecule has 0 saturated carbocycles. The first-order valence-corrected chi connectivity index (χ1v) is 22.5. The number of piperidine rings is 1. The summed E-state index contributed by atoms with van der Waals surface area (Å²) in [5, 5.41) is 19.4. The minimum atomic E-state index is -1.66. The second kappa shape index (κ2) is 24.7. The fourth-order valence-corrected chi connectivity index (χ4v) is 8.10. The predicted molar refractivity (Wildman–Crippen MR) is 260 cm³/mol. The third-order valence-corrected chi connectivity index (χ3v) is 11.9. The highest BCUT2D eigenvalue weighted by molar-refractivity contribution is 6.31. The van der Waals surface area contributed by atoms with Crippen molar-refractivity contribution in [3.05, 3.63) is 136 Å². The fraction of sp³-hybridized carbons (Fsp3) is 0.347. The maximum atomic E-state index is 14.3. The van der Waals surface area contributed by atoms with Crippen molar-refractivity contribution in [2.24, 2.45) is 7.05 Å². The topological polar surface area (TPSA) is 194 Å². The molecule has 4 atom stereocenters. The van der Waals surface area contributed by atoms with Gasteiger partial charge in [0, 0.05) is 41.2 Å². The van der Waals surface area contributed by atoms with Gasteiger partial charge in [-0.15, -0.1) is 12.4 Å². The SMILES string of the molecule is C[C@@H](C(=O)N[C@@H](COC(=O)O)C(=O)N[C@@]1(Cc2ccc(Cl)cc2)CCCNC1)N(Cc1ccc(Cl)cc1Oc1ccc(-c2cnc(CN(C)C)n2C)cc1)C(=O)O[C@H](C=O)Cc1ccccc1.Cl. The van der Waals surface area contributed by atoms with Gasteiger partial charge in [0.1, 0.15) is 36.0 Å². The van der Waals surface area contributed by atoms with E-state index in [0.29, 0.717) is 53.6 Å². The minimum Gasteiger partial charge on any atom is -0.457 e. The lowest BCUT2D eigenvalue weighted by Gasteiger charge is -2.40. The summed E-state index contributed by atoms with van der Waals surface area (Å²) < 4.78 is 19.0. The van der Waals surface area contributed by atoms with E-state index in [1.165, 1.54) is 6.92 Å². The molecule has 362 valence electrons. The van der Waals surface area contributed by atoms with Crippen LogP contribution in [-0.4, -0.2) is 112 Å². The van der Waals surface area contributed by atoms with Crippen LogP contribution in [0.5, 0.6) is 11.5 Å². The van der Waals surface area contributed by atoms with Crippen LogP contribution in [0.25, 0.3) is 11.3 Å². The van der Waals surface area contributed by atoms with Crippen LogP contribution in [0.4, 0.5) is 9.59 Å². The molecule has 1 aliphatic heterocycles. The molecule has 1 fully saturated rings.